The molecule has 0 saturated carbocycles. The van der Waals surface area contributed by atoms with E-state index in [2.05, 4.69) is 15.5 Å². The van der Waals surface area contributed by atoms with Crippen molar-refractivity contribution < 1.29 is 14.4 Å². The van der Waals surface area contributed by atoms with E-state index in [9.17, 15) is 9.90 Å². The van der Waals surface area contributed by atoms with Crippen molar-refractivity contribution in [2.24, 2.45) is 0 Å². The lowest BCUT2D eigenvalue weighted by Crippen LogP contribution is -2.05. The molecule has 0 fully saturated rings. The summed E-state index contributed by atoms with van der Waals surface area (Å²) in [7, 11) is 0. The molecule has 0 atom stereocenters. The molecule has 2 heterocycles. The van der Waals surface area contributed by atoms with E-state index in [0.29, 0.717) is 11.5 Å². The summed E-state index contributed by atoms with van der Waals surface area (Å²) in [6, 6.07) is 10.8. The number of carbonyl (C=O) groups is 1. The fourth-order valence-corrected chi connectivity index (χ4v) is 1.92. The van der Waals surface area contributed by atoms with Crippen LogP contribution in [0.2, 0.25) is 0 Å². The summed E-state index contributed by atoms with van der Waals surface area (Å²) in [5.74, 6) is -0.545. The number of carboxylic acids is 1. The molecule has 0 radical (unpaired) electrons. The molecule has 0 bridgehead atoms. The van der Waals surface area contributed by atoms with E-state index in [1.54, 1.807) is 6.07 Å². The fourth-order valence-electron chi connectivity index (χ4n) is 1.92. The van der Waals surface area contributed by atoms with E-state index < -0.39 is 5.97 Å². The van der Waals surface area contributed by atoms with Crippen LogP contribution in [0, 0.1) is 0 Å². The summed E-state index contributed by atoms with van der Waals surface area (Å²) in [4.78, 5) is 11.3. The number of aromatic carboxylic acids is 1. The Bertz CT molecular complexity index is 719. The predicted octanol–water partition coefficient (Wildman–Crippen LogP) is 1.68. The number of rotatable bonds is 4. The number of aromatic nitrogens is 4. The summed E-state index contributed by atoms with van der Waals surface area (Å²) in [6.07, 6.45) is 1.52. The first-order valence-corrected chi connectivity index (χ1v) is 5.87. The van der Waals surface area contributed by atoms with Crippen molar-refractivity contribution in [3.05, 3.63) is 54.0 Å². The average molecular weight is 270 g/mol. The molecular weight excluding hydrogens is 260 g/mol. The lowest BCUT2D eigenvalue weighted by molar-refractivity contribution is 0.0691. The highest BCUT2D eigenvalue weighted by molar-refractivity contribution is 5.92. The Hall–Kier alpha value is -2.96. The molecule has 0 aliphatic rings. The molecule has 100 valence electrons. The number of hydrogen-bond acceptors (Lipinski definition) is 5. The van der Waals surface area contributed by atoms with Crippen molar-refractivity contribution in [2.75, 3.05) is 0 Å². The van der Waals surface area contributed by atoms with Crippen LogP contribution in [0.1, 0.15) is 16.2 Å². The van der Waals surface area contributed by atoms with Gasteiger partial charge in [0, 0.05) is 11.6 Å². The van der Waals surface area contributed by atoms with Gasteiger partial charge in [0.2, 0.25) is 0 Å². The van der Waals surface area contributed by atoms with Crippen LogP contribution in [0.3, 0.4) is 0 Å². The highest BCUT2D eigenvalue weighted by atomic mass is 16.5. The maximum atomic E-state index is 11.3. The summed E-state index contributed by atoms with van der Waals surface area (Å²) in [5.41, 5.74) is 1.08. The lowest BCUT2D eigenvalue weighted by atomic mass is 10.1. The van der Waals surface area contributed by atoms with Gasteiger partial charge in [-0.15, -0.1) is 5.10 Å². The second kappa shape index (κ2) is 4.96. The minimum atomic E-state index is -1.12. The molecule has 7 heteroatoms. The summed E-state index contributed by atoms with van der Waals surface area (Å²) < 4.78 is 6.50. The van der Waals surface area contributed by atoms with E-state index >= 15 is 0 Å². The normalized spacial score (nSPS) is 10.6. The van der Waals surface area contributed by atoms with Crippen LogP contribution >= 0.6 is 0 Å². The Morgan fingerprint density at radius 3 is 2.70 bits per heavy atom. The topological polar surface area (TPSA) is 94.0 Å². The van der Waals surface area contributed by atoms with Gasteiger partial charge in [0.15, 0.2) is 11.5 Å². The van der Waals surface area contributed by atoms with Gasteiger partial charge in [-0.1, -0.05) is 40.7 Å². The highest BCUT2D eigenvalue weighted by Crippen LogP contribution is 2.22. The Labute approximate surface area is 113 Å². The van der Waals surface area contributed by atoms with Crippen LogP contribution in [-0.2, 0) is 6.54 Å². The molecular formula is C13H10N4O3. The van der Waals surface area contributed by atoms with Gasteiger partial charge in [-0.05, 0) is 0 Å². The van der Waals surface area contributed by atoms with E-state index in [0.717, 1.165) is 5.56 Å². The lowest BCUT2D eigenvalue weighted by Gasteiger charge is -2.05. The third-order valence-corrected chi connectivity index (χ3v) is 2.78. The number of nitrogens with zero attached hydrogens (tertiary/aromatic N) is 4. The first-order valence-electron chi connectivity index (χ1n) is 5.87. The van der Waals surface area contributed by atoms with Gasteiger partial charge in [-0.2, -0.15) is 0 Å². The van der Waals surface area contributed by atoms with Gasteiger partial charge >= 0.3 is 5.97 Å². The standard InChI is InChI=1S/C13H10N4O3/c18-13(19)11-12(9-4-2-1-3-5-9)17(16-15-11)8-10-6-7-14-20-10/h1-7H,8H2,(H,18,19). The Morgan fingerprint density at radius 2 is 2.05 bits per heavy atom. The monoisotopic (exact) mass is 270 g/mol. The van der Waals surface area contributed by atoms with Crippen molar-refractivity contribution in [3.63, 3.8) is 0 Å². The van der Waals surface area contributed by atoms with Crippen molar-refractivity contribution in [1.29, 1.82) is 0 Å². The molecule has 0 saturated heterocycles. The Balaban J connectivity index is 2.09. The highest BCUT2D eigenvalue weighted by Gasteiger charge is 2.21. The van der Waals surface area contributed by atoms with Gasteiger partial charge in [0.1, 0.15) is 12.2 Å². The molecule has 0 amide bonds. The van der Waals surface area contributed by atoms with E-state index in [1.807, 2.05) is 30.3 Å². The molecule has 1 aromatic carbocycles. The minimum Gasteiger partial charge on any atom is -0.476 e. The van der Waals surface area contributed by atoms with Crippen molar-refractivity contribution >= 4 is 5.97 Å². The van der Waals surface area contributed by atoms with Crippen LogP contribution in [0.4, 0.5) is 0 Å². The third kappa shape index (κ3) is 2.16. The first kappa shape index (κ1) is 12.1. The molecule has 0 aliphatic heterocycles. The maximum Gasteiger partial charge on any atom is 0.358 e. The molecule has 0 unspecified atom stereocenters. The predicted molar refractivity (Wildman–Crippen MR) is 68.0 cm³/mol. The average Bonchev–Trinajstić information content (AvgIpc) is 3.09. The molecule has 0 spiro atoms. The molecule has 20 heavy (non-hydrogen) atoms. The second-order valence-electron chi connectivity index (χ2n) is 4.09. The van der Waals surface area contributed by atoms with Crippen LogP contribution in [0.5, 0.6) is 0 Å². The zero-order valence-electron chi connectivity index (χ0n) is 10.3. The molecule has 7 nitrogen and oxygen atoms in total. The first-order chi connectivity index (χ1) is 9.75. The van der Waals surface area contributed by atoms with Crippen molar-refractivity contribution in [1.82, 2.24) is 20.2 Å². The molecule has 3 aromatic rings. The largest absolute Gasteiger partial charge is 0.476 e. The van der Waals surface area contributed by atoms with Crippen LogP contribution < -0.4 is 0 Å². The van der Waals surface area contributed by atoms with E-state index in [4.69, 9.17) is 4.52 Å². The van der Waals surface area contributed by atoms with Gasteiger partial charge in [0.25, 0.3) is 0 Å². The molecule has 1 N–H and O–H groups in total. The van der Waals surface area contributed by atoms with Crippen LogP contribution in [-0.4, -0.2) is 31.2 Å². The van der Waals surface area contributed by atoms with Gasteiger partial charge in [-0.25, -0.2) is 9.48 Å². The van der Waals surface area contributed by atoms with E-state index in [1.165, 1.54) is 10.9 Å². The summed E-state index contributed by atoms with van der Waals surface area (Å²) in [6.45, 7) is 0.268. The second-order valence-corrected chi connectivity index (χ2v) is 4.09. The number of carboxylic acid groups (broad SMARTS) is 1. The Morgan fingerprint density at radius 1 is 1.25 bits per heavy atom. The van der Waals surface area contributed by atoms with Gasteiger partial charge in [0.05, 0.1) is 6.20 Å². The Kier molecular flexibility index (Phi) is 3.00. The van der Waals surface area contributed by atoms with E-state index in [-0.39, 0.29) is 12.2 Å². The summed E-state index contributed by atoms with van der Waals surface area (Å²) >= 11 is 0. The van der Waals surface area contributed by atoms with Crippen LogP contribution in [0.15, 0.2) is 47.1 Å². The molecule has 0 aliphatic carbocycles. The summed E-state index contributed by atoms with van der Waals surface area (Å²) in [5, 5.41) is 20.4. The van der Waals surface area contributed by atoms with Gasteiger partial charge in [-0.3, -0.25) is 0 Å². The van der Waals surface area contributed by atoms with Crippen molar-refractivity contribution in [2.45, 2.75) is 6.54 Å². The van der Waals surface area contributed by atoms with Crippen LogP contribution in [0.25, 0.3) is 11.3 Å². The molecule has 3 rings (SSSR count). The number of benzene rings is 1. The third-order valence-electron chi connectivity index (χ3n) is 2.78. The minimum absolute atomic E-state index is 0.0873. The number of hydrogen-bond donors (Lipinski definition) is 1. The fraction of sp³-hybridized carbons (Fsp3) is 0.0769. The maximum absolute atomic E-state index is 11.3. The zero-order valence-corrected chi connectivity index (χ0v) is 10.3. The smallest absolute Gasteiger partial charge is 0.358 e. The zero-order chi connectivity index (χ0) is 13.9. The van der Waals surface area contributed by atoms with Crippen molar-refractivity contribution in [3.8, 4) is 11.3 Å². The van der Waals surface area contributed by atoms with Gasteiger partial charge < -0.3 is 9.63 Å². The quantitative estimate of drug-likeness (QED) is 0.775. The molecule has 2 aromatic heterocycles. The SMILES string of the molecule is O=C(O)c1nnn(Cc2ccno2)c1-c1ccccc1.